The van der Waals surface area contributed by atoms with E-state index in [1.807, 2.05) is 6.07 Å². The molecule has 0 aliphatic carbocycles. The van der Waals surface area contributed by atoms with Gasteiger partial charge in [0.2, 0.25) is 0 Å². The van der Waals surface area contributed by atoms with Crippen molar-refractivity contribution < 1.29 is 14.3 Å². The molecule has 1 heterocycles. The van der Waals surface area contributed by atoms with E-state index in [1.54, 1.807) is 30.3 Å². The second-order valence-electron chi connectivity index (χ2n) is 4.73. The molecule has 2 aromatic carbocycles. The van der Waals surface area contributed by atoms with E-state index in [-0.39, 0.29) is 12.2 Å². The molecule has 1 aliphatic heterocycles. The fraction of sp³-hybridized carbons (Fsp3) is 0.125. The second kappa shape index (κ2) is 5.51. The quantitative estimate of drug-likeness (QED) is 0.618. The van der Waals surface area contributed by atoms with Gasteiger partial charge in [-0.05, 0) is 24.3 Å². The Morgan fingerprint density at radius 3 is 2.71 bits per heavy atom. The minimum atomic E-state index is -0.573. The van der Waals surface area contributed by atoms with Crippen molar-refractivity contribution in [1.29, 1.82) is 0 Å². The normalized spacial score (nSPS) is 16.5. The molecular formula is C16H10Cl2O3. The zero-order valence-corrected chi connectivity index (χ0v) is 12.3. The van der Waals surface area contributed by atoms with Crippen molar-refractivity contribution in [2.75, 3.05) is 0 Å². The van der Waals surface area contributed by atoms with Crippen LogP contribution in [-0.4, -0.2) is 11.8 Å². The van der Waals surface area contributed by atoms with Crippen molar-refractivity contribution >= 4 is 35.0 Å². The fourth-order valence-electron chi connectivity index (χ4n) is 2.36. The monoisotopic (exact) mass is 320 g/mol. The van der Waals surface area contributed by atoms with Gasteiger partial charge in [0.15, 0.2) is 5.78 Å². The Hall–Kier alpha value is -1.84. The molecule has 0 fully saturated rings. The van der Waals surface area contributed by atoms with Crippen LogP contribution in [0.1, 0.15) is 38.8 Å². The number of esters is 1. The molecule has 2 aromatic rings. The molecule has 0 saturated heterocycles. The summed E-state index contributed by atoms with van der Waals surface area (Å²) in [7, 11) is 0. The largest absolute Gasteiger partial charge is 0.453 e. The van der Waals surface area contributed by atoms with Crippen LogP contribution in [0.2, 0.25) is 10.0 Å². The molecule has 0 unspecified atom stereocenters. The van der Waals surface area contributed by atoms with Crippen LogP contribution in [0.4, 0.5) is 0 Å². The van der Waals surface area contributed by atoms with Gasteiger partial charge in [-0.1, -0.05) is 41.4 Å². The van der Waals surface area contributed by atoms with E-state index in [0.29, 0.717) is 21.2 Å². The first-order chi connectivity index (χ1) is 10.1. The molecule has 0 N–H and O–H groups in total. The number of halogens is 2. The van der Waals surface area contributed by atoms with Gasteiger partial charge >= 0.3 is 5.97 Å². The first-order valence-corrected chi connectivity index (χ1v) is 7.10. The first kappa shape index (κ1) is 14.1. The molecular weight excluding hydrogens is 311 g/mol. The Morgan fingerprint density at radius 1 is 1.14 bits per heavy atom. The number of Topliss-reactive ketones (excluding diaryl/α,β-unsaturated/α-hetero) is 1. The lowest BCUT2D eigenvalue weighted by Gasteiger charge is -2.10. The van der Waals surface area contributed by atoms with E-state index >= 15 is 0 Å². The average molecular weight is 321 g/mol. The van der Waals surface area contributed by atoms with Gasteiger partial charge in [0.25, 0.3) is 0 Å². The van der Waals surface area contributed by atoms with Gasteiger partial charge in [-0.15, -0.1) is 0 Å². The summed E-state index contributed by atoms with van der Waals surface area (Å²) < 4.78 is 5.26. The third kappa shape index (κ3) is 2.67. The maximum atomic E-state index is 12.4. The Labute approximate surface area is 131 Å². The van der Waals surface area contributed by atoms with Gasteiger partial charge in [0, 0.05) is 16.1 Å². The van der Waals surface area contributed by atoms with Crippen molar-refractivity contribution in [2.45, 2.75) is 12.5 Å². The van der Waals surface area contributed by atoms with Gasteiger partial charge in [-0.25, -0.2) is 4.79 Å². The molecule has 106 valence electrons. The van der Waals surface area contributed by atoms with Crippen molar-refractivity contribution in [2.24, 2.45) is 0 Å². The zero-order valence-electron chi connectivity index (χ0n) is 10.8. The van der Waals surface area contributed by atoms with E-state index in [9.17, 15) is 9.59 Å². The third-order valence-electron chi connectivity index (χ3n) is 3.38. The lowest BCUT2D eigenvalue weighted by atomic mass is 9.98. The zero-order chi connectivity index (χ0) is 15.0. The maximum absolute atomic E-state index is 12.4. The number of hydrogen-bond donors (Lipinski definition) is 0. The average Bonchev–Trinajstić information content (AvgIpc) is 2.78. The first-order valence-electron chi connectivity index (χ1n) is 6.34. The van der Waals surface area contributed by atoms with E-state index in [2.05, 4.69) is 0 Å². The van der Waals surface area contributed by atoms with Gasteiger partial charge in [-0.3, -0.25) is 4.79 Å². The summed E-state index contributed by atoms with van der Waals surface area (Å²) in [5.74, 6) is -0.613. The molecule has 0 spiro atoms. The molecule has 21 heavy (non-hydrogen) atoms. The molecule has 0 radical (unpaired) electrons. The Morgan fingerprint density at radius 2 is 1.90 bits per heavy atom. The summed E-state index contributed by atoms with van der Waals surface area (Å²) in [4.78, 5) is 24.1. The Kier molecular flexibility index (Phi) is 3.70. The highest BCUT2D eigenvalue weighted by Gasteiger charge is 2.32. The highest BCUT2D eigenvalue weighted by atomic mass is 35.5. The molecule has 0 amide bonds. The number of fused-ring (bicyclic) bond motifs is 1. The van der Waals surface area contributed by atoms with Gasteiger partial charge in [-0.2, -0.15) is 0 Å². The van der Waals surface area contributed by atoms with Crippen LogP contribution in [0.25, 0.3) is 0 Å². The Balaban J connectivity index is 1.87. The summed E-state index contributed by atoms with van der Waals surface area (Å²) in [6, 6.07) is 11.8. The standard InChI is InChI=1S/C16H10Cl2O3/c17-9-5-6-13(18)12(7-9)14(19)8-15-10-3-1-2-4-11(10)16(20)21-15/h1-7,15H,8H2/t15-/m0/s1. The highest BCUT2D eigenvalue weighted by molar-refractivity contribution is 6.35. The van der Waals surface area contributed by atoms with Gasteiger partial charge < -0.3 is 4.74 Å². The molecule has 1 atom stereocenters. The van der Waals surface area contributed by atoms with Crippen LogP contribution in [0.15, 0.2) is 42.5 Å². The number of benzene rings is 2. The van der Waals surface area contributed by atoms with Crippen LogP contribution < -0.4 is 0 Å². The lowest BCUT2D eigenvalue weighted by Crippen LogP contribution is -2.08. The predicted octanol–water partition coefficient (Wildman–Crippen LogP) is 4.48. The third-order valence-corrected chi connectivity index (χ3v) is 3.94. The van der Waals surface area contributed by atoms with Crippen molar-refractivity contribution in [3.8, 4) is 0 Å². The SMILES string of the molecule is O=C(C[C@@H]1OC(=O)c2ccccc21)c1cc(Cl)ccc1Cl. The lowest BCUT2D eigenvalue weighted by molar-refractivity contribution is 0.0367. The summed E-state index contributed by atoms with van der Waals surface area (Å²) in [6.45, 7) is 0. The van der Waals surface area contributed by atoms with Crippen LogP contribution in [-0.2, 0) is 4.74 Å². The van der Waals surface area contributed by atoms with Crippen molar-refractivity contribution in [3.05, 3.63) is 69.2 Å². The minimum absolute atomic E-state index is 0.0445. The molecule has 0 saturated carbocycles. The topological polar surface area (TPSA) is 43.4 Å². The summed E-state index contributed by atoms with van der Waals surface area (Å²) in [6.07, 6.45) is -0.528. The Bertz CT molecular complexity index is 740. The number of rotatable bonds is 3. The van der Waals surface area contributed by atoms with Crippen LogP contribution in [0, 0.1) is 0 Å². The number of carbonyl (C=O) groups excluding carboxylic acids is 2. The fourth-order valence-corrected chi connectivity index (χ4v) is 2.76. The number of ketones is 1. The molecule has 0 aromatic heterocycles. The number of ether oxygens (including phenoxy) is 1. The highest BCUT2D eigenvalue weighted by Crippen LogP contribution is 2.34. The molecule has 5 heteroatoms. The number of cyclic esters (lactones) is 1. The second-order valence-corrected chi connectivity index (χ2v) is 5.58. The van der Waals surface area contributed by atoms with E-state index in [1.165, 1.54) is 6.07 Å². The van der Waals surface area contributed by atoms with E-state index < -0.39 is 12.1 Å². The van der Waals surface area contributed by atoms with E-state index in [4.69, 9.17) is 27.9 Å². The molecule has 0 bridgehead atoms. The minimum Gasteiger partial charge on any atom is -0.453 e. The van der Waals surface area contributed by atoms with Gasteiger partial charge in [0.05, 0.1) is 17.0 Å². The predicted molar refractivity (Wildman–Crippen MR) is 80.0 cm³/mol. The van der Waals surface area contributed by atoms with Crippen LogP contribution in [0.3, 0.4) is 0 Å². The molecule has 3 nitrogen and oxygen atoms in total. The molecule has 1 aliphatic rings. The maximum Gasteiger partial charge on any atom is 0.339 e. The summed E-state index contributed by atoms with van der Waals surface area (Å²) in [5, 5.41) is 0.772. The smallest absolute Gasteiger partial charge is 0.339 e. The molecule has 3 rings (SSSR count). The van der Waals surface area contributed by atoms with Crippen LogP contribution in [0.5, 0.6) is 0 Å². The van der Waals surface area contributed by atoms with Crippen molar-refractivity contribution in [3.63, 3.8) is 0 Å². The van der Waals surface area contributed by atoms with Crippen molar-refractivity contribution in [1.82, 2.24) is 0 Å². The summed E-state index contributed by atoms with van der Waals surface area (Å²) in [5.41, 5.74) is 1.58. The van der Waals surface area contributed by atoms with Gasteiger partial charge in [0.1, 0.15) is 6.10 Å². The summed E-state index contributed by atoms with van der Waals surface area (Å²) >= 11 is 11.9. The van der Waals surface area contributed by atoms with E-state index in [0.717, 1.165) is 5.56 Å². The van der Waals surface area contributed by atoms with Crippen LogP contribution >= 0.6 is 23.2 Å². The number of carbonyl (C=O) groups is 2. The number of hydrogen-bond acceptors (Lipinski definition) is 3.